The molecule has 0 bridgehead atoms. The summed E-state index contributed by atoms with van der Waals surface area (Å²) >= 11 is 0. The summed E-state index contributed by atoms with van der Waals surface area (Å²) in [5, 5.41) is 23.1. The Kier molecular flexibility index (Phi) is 45.1. The predicted octanol–water partition coefficient (Wildman–Crippen LogP) is 14.6. The Morgan fingerprint density at radius 1 is 0.482 bits per heavy atom. The van der Waals surface area contributed by atoms with Gasteiger partial charge in [0.15, 0.2) is 0 Å². The fourth-order valence-corrected chi connectivity index (χ4v) is 7.69. The second kappa shape index (κ2) is 46.3. The van der Waals surface area contributed by atoms with E-state index in [1.165, 1.54) is 186 Å². The maximum Gasteiger partial charge on any atom is 0.305 e. The van der Waals surface area contributed by atoms with E-state index in [9.17, 15) is 19.8 Å². The van der Waals surface area contributed by atoms with E-state index in [-0.39, 0.29) is 18.5 Å². The van der Waals surface area contributed by atoms with Crippen molar-refractivity contribution in [2.45, 2.75) is 283 Å². The maximum atomic E-state index is 12.4. The van der Waals surface area contributed by atoms with Crippen LogP contribution in [0.4, 0.5) is 0 Å². The van der Waals surface area contributed by atoms with Gasteiger partial charge in [0, 0.05) is 12.8 Å². The fourth-order valence-electron chi connectivity index (χ4n) is 7.69. The Morgan fingerprint density at radius 2 is 0.821 bits per heavy atom. The van der Waals surface area contributed by atoms with Gasteiger partial charge in [-0.15, -0.1) is 0 Å². The monoisotopic (exact) mass is 792 g/mol. The molecule has 0 aliphatic heterocycles. The lowest BCUT2D eigenvalue weighted by Gasteiger charge is -2.20. The third-order valence-electron chi connectivity index (χ3n) is 11.6. The second-order valence-corrected chi connectivity index (χ2v) is 17.2. The molecule has 6 heteroatoms. The molecule has 0 aromatic rings. The van der Waals surface area contributed by atoms with E-state index < -0.39 is 12.1 Å². The molecule has 0 fully saturated rings. The van der Waals surface area contributed by atoms with Crippen molar-refractivity contribution in [3.05, 3.63) is 12.2 Å². The number of hydrogen-bond acceptors (Lipinski definition) is 5. The number of hydrogen-bond donors (Lipinski definition) is 3. The topological polar surface area (TPSA) is 95.9 Å². The van der Waals surface area contributed by atoms with Crippen LogP contribution in [0.1, 0.15) is 271 Å². The molecule has 6 nitrogen and oxygen atoms in total. The summed E-state index contributed by atoms with van der Waals surface area (Å²) in [6.07, 6.45) is 52.0. The second-order valence-electron chi connectivity index (χ2n) is 17.2. The zero-order chi connectivity index (χ0) is 40.8. The van der Waals surface area contributed by atoms with Crippen molar-refractivity contribution >= 4 is 11.9 Å². The Hall–Kier alpha value is -1.40. The Bertz CT molecular complexity index is 832. The van der Waals surface area contributed by atoms with Gasteiger partial charge in [0.05, 0.1) is 25.4 Å². The van der Waals surface area contributed by atoms with Gasteiger partial charge in [0.25, 0.3) is 0 Å². The summed E-state index contributed by atoms with van der Waals surface area (Å²) in [7, 11) is 0. The molecule has 0 saturated heterocycles. The molecule has 56 heavy (non-hydrogen) atoms. The summed E-state index contributed by atoms with van der Waals surface area (Å²) in [5.74, 6) is -0.110. The Morgan fingerprint density at radius 3 is 1.21 bits per heavy atom. The third-order valence-corrected chi connectivity index (χ3v) is 11.6. The normalized spacial score (nSPS) is 12.7. The number of amides is 1. The molecule has 2 unspecified atom stereocenters. The van der Waals surface area contributed by atoms with Crippen LogP contribution in [0, 0.1) is 0 Å². The molecule has 3 N–H and O–H groups in total. The number of aliphatic hydroxyl groups excluding tert-OH is 2. The van der Waals surface area contributed by atoms with Gasteiger partial charge >= 0.3 is 5.97 Å². The van der Waals surface area contributed by atoms with Crippen LogP contribution in [-0.4, -0.2) is 47.4 Å². The average molecular weight is 792 g/mol. The van der Waals surface area contributed by atoms with E-state index in [0.717, 1.165) is 57.8 Å². The highest BCUT2D eigenvalue weighted by molar-refractivity contribution is 5.76. The summed E-state index contributed by atoms with van der Waals surface area (Å²) in [6, 6.07) is -0.643. The van der Waals surface area contributed by atoms with Crippen molar-refractivity contribution in [1.29, 1.82) is 0 Å². The first-order valence-corrected chi connectivity index (χ1v) is 25.0. The van der Waals surface area contributed by atoms with Gasteiger partial charge in [-0.25, -0.2) is 0 Å². The number of carbonyl (C=O) groups excluding carboxylic acids is 2. The zero-order valence-electron chi connectivity index (χ0n) is 37.6. The number of rotatable bonds is 46. The van der Waals surface area contributed by atoms with Crippen molar-refractivity contribution in [2.75, 3.05) is 13.2 Å². The van der Waals surface area contributed by atoms with E-state index in [1.54, 1.807) is 6.08 Å². The number of ether oxygens (including phenoxy) is 1. The van der Waals surface area contributed by atoms with Gasteiger partial charge in [0.2, 0.25) is 5.91 Å². The first-order valence-electron chi connectivity index (χ1n) is 25.0. The van der Waals surface area contributed by atoms with Gasteiger partial charge < -0.3 is 20.3 Å². The molecule has 332 valence electrons. The van der Waals surface area contributed by atoms with Gasteiger partial charge in [-0.3, -0.25) is 9.59 Å². The lowest BCUT2D eigenvalue weighted by atomic mass is 10.0. The van der Waals surface area contributed by atoms with Gasteiger partial charge in [-0.05, 0) is 32.1 Å². The van der Waals surface area contributed by atoms with Crippen LogP contribution in [0.15, 0.2) is 12.2 Å². The first kappa shape index (κ1) is 54.6. The van der Waals surface area contributed by atoms with E-state index in [2.05, 4.69) is 19.2 Å². The molecule has 0 aliphatic carbocycles. The molecule has 0 rings (SSSR count). The predicted molar refractivity (Wildman–Crippen MR) is 241 cm³/mol. The molecule has 0 heterocycles. The number of nitrogens with one attached hydrogen (secondary N) is 1. The number of allylic oxidation sites excluding steroid dienone is 1. The van der Waals surface area contributed by atoms with Gasteiger partial charge in [-0.1, -0.05) is 238 Å². The van der Waals surface area contributed by atoms with Crippen LogP contribution in [0.25, 0.3) is 0 Å². The van der Waals surface area contributed by atoms with Gasteiger partial charge in [-0.2, -0.15) is 0 Å². The standard InChI is InChI=1S/C50H97NO5/c1-3-5-7-9-11-13-15-16-17-18-19-20-21-23-26-30-34-38-42-48(53)47(46-52)51-49(54)43-39-35-31-27-24-25-29-33-37-41-45-56-50(55)44-40-36-32-28-22-14-12-10-8-6-4-2/h38,42,47-48,52-53H,3-37,39-41,43-46H2,1-2H3,(H,51,54)/b42-38+. The van der Waals surface area contributed by atoms with Crippen LogP contribution in [0.3, 0.4) is 0 Å². The molecular formula is C50H97NO5. The van der Waals surface area contributed by atoms with Crippen LogP contribution in [0.5, 0.6) is 0 Å². The van der Waals surface area contributed by atoms with E-state index in [0.29, 0.717) is 19.4 Å². The molecule has 0 aromatic heterocycles. The van der Waals surface area contributed by atoms with Crippen molar-refractivity contribution in [1.82, 2.24) is 5.32 Å². The molecule has 2 atom stereocenters. The fraction of sp³-hybridized carbons (Fsp3) is 0.920. The minimum Gasteiger partial charge on any atom is -0.466 e. The van der Waals surface area contributed by atoms with Gasteiger partial charge in [0.1, 0.15) is 0 Å². The molecule has 0 aliphatic rings. The summed E-state index contributed by atoms with van der Waals surface area (Å²) < 4.78 is 5.43. The van der Waals surface area contributed by atoms with E-state index in [1.807, 2.05) is 6.08 Å². The average Bonchev–Trinajstić information content (AvgIpc) is 3.20. The minimum absolute atomic E-state index is 0.0209. The zero-order valence-corrected chi connectivity index (χ0v) is 37.6. The van der Waals surface area contributed by atoms with E-state index in [4.69, 9.17) is 4.74 Å². The number of carbonyl (C=O) groups is 2. The molecule has 0 saturated carbocycles. The SMILES string of the molecule is CCCCCCCCCCCCCCCCCC/C=C/C(O)C(CO)NC(=O)CCCCCCCCCCCCOC(=O)CCCCCCCCCCCCC. The lowest BCUT2D eigenvalue weighted by Crippen LogP contribution is -2.45. The first-order chi connectivity index (χ1) is 27.5. The summed E-state index contributed by atoms with van der Waals surface area (Å²) in [6.45, 7) is 4.85. The Balaban J connectivity index is 3.53. The molecular weight excluding hydrogens is 695 g/mol. The van der Waals surface area contributed by atoms with Crippen molar-refractivity contribution in [3.8, 4) is 0 Å². The minimum atomic E-state index is -0.857. The lowest BCUT2D eigenvalue weighted by molar-refractivity contribution is -0.143. The van der Waals surface area contributed by atoms with Crippen molar-refractivity contribution in [2.24, 2.45) is 0 Å². The largest absolute Gasteiger partial charge is 0.466 e. The maximum absolute atomic E-state index is 12.4. The number of esters is 1. The highest BCUT2D eigenvalue weighted by Gasteiger charge is 2.18. The van der Waals surface area contributed by atoms with Crippen LogP contribution in [0.2, 0.25) is 0 Å². The van der Waals surface area contributed by atoms with Crippen LogP contribution >= 0.6 is 0 Å². The summed E-state index contributed by atoms with van der Waals surface area (Å²) in [4.78, 5) is 24.4. The third kappa shape index (κ3) is 42.2. The quantitative estimate of drug-likeness (QED) is 0.0324. The highest BCUT2D eigenvalue weighted by Crippen LogP contribution is 2.16. The van der Waals surface area contributed by atoms with Crippen molar-refractivity contribution < 1.29 is 24.5 Å². The molecule has 0 aromatic carbocycles. The number of unbranched alkanes of at least 4 members (excludes halogenated alkanes) is 35. The Labute approximate surface area is 349 Å². The molecule has 0 radical (unpaired) electrons. The van der Waals surface area contributed by atoms with Crippen molar-refractivity contribution in [3.63, 3.8) is 0 Å². The number of aliphatic hydroxyl groups is 2. The van der Waals surface area contributed by atoms with Crippen LogP contribution in [-0.2, 0) is 14.3 Å². The smallest absolute Gasteiger partial charge is 0.305 e. The van der Waals surface area contributed by atoms with E-state index >= 15 is 0 Å². The van der Waals surface area contributed by atoms with Crippen LogP contribution < -0.4 is 5.32 Å². The highest BCUT2D eigenvalue weighted by atomic mass is 16.5. The molecule has 0 spiro atoms. The molecule has 1 amide bonds. The summed E-state index contributed by atoms with van der Waals surface area (Å²) in [5.41, 5.74) is 0.